The van der Waals surface area contributed by atoms with E-state index >= 15 is 0 Å². The van der Waals surface area contributed by atoms with E-state index in [9.17, 15) is 14.4 Å². The summed E-state index contributed by atoms with van der Waals surface area (Å²) in [6.07, 6.45) is 4.00. The molecule has 0 aliphatic carbocycles. The van der Waals surface area contributed by atoms with Crippen LogP contribution in [-0.4, -0.2) is 34.2 Å². The van der Waals surface area contributed by atoms with Crippen molar-refractivity contribution < 1.29 is 14.4 Å². The van der Waals surface area contributed by atoms with Crippen LogP contribution in [0.5, 0.6) is 0 Å². The molecule has 0 bridgehead atoms. The highest BCUT2D eigenvalue weighted by atomic mass is 16.2. The molecule has 0 unspecified atom stereocenters. The van der Waals surface area contributed by atoms with Crippen molar-refractivity contribution in [2.75, 3.05) is 6.54 Å². The van der Waals surface area contributed by atoms with Crippen molar-refractivity contribution in [1.29, 1.82) is 0 Å². The van der Waals surface area contributed by atoms with E-state index < -0.39 is 0 Å². The highest BCUT2D eigenvalue weighted by molar-refractivity contribution is 6.21. The third-order valence-electron chi connectivity index (χ3n) is 5.14. The molecule has 3 amide bonds. The van der Waals surface area contributed by atoms with E-state index in [0.29, 0.717) is 17.5 Å². The molecule has 1 aliphatic heterocycles. The van der Waals surface area contributed by atoms with E-state index in [2.05, 4.69) is 10.3 Å². The van der Waals surface area contributed by atoms with Gasteiger partial charge in [-0.1, -0.05) is 42.5 Å². The Balaban J connectivity index is 1.38. The predicted molar refractivity (Wildman–Crippen MR) is 112 cm³/mol. The Labute approximate surface area is 174 Å². The predicted octanol–water partition coefficient (Wildman–Crippen LogP) is 3.36. The molecule has 1 aromatic heterocycles. The minimum Gasteiger partial charge on any atom is -0.345 e. The fourth-order valence-corrected chi connectivity index (χ4v) is 3.63. The topological polar surface area (TPSA) is 79.4 Å². The summed E-state index contributed by atoms with van der Waals surface area (Å²) in [5.74, 6) is -0.734. The van der Waals surface area contributed by atoms with Gasteiger partial charge in [0.25, 0.3) is 11.8 Å². The molecule has 4 rings (SSSR count). The van der Waals surface area contributed by atoms with Crippen LogP contribution >= 0.6 is 0 Å². The highest BCUT2D eigenvalue weighted by Crippen LogP contribution is 2.23. The van der Waals surface area contributed by atoms with Gasteiger partial charge in [-0.15, -0.1) is 0 Å². The summed E-state index contributed by atoms with van der Waals surface area (Å²) >= 11 is 0. The summed E-state index contributed by atoms with van der Waals surface area (Å²) in [7, 11) is 0. The maximum absolute atomic E-state index is 12.6. The lowest BCUT2D eigenvalue weighted by molar-refractivity contribution is -0.121. The van der Waals surface area contributed by atoms with E-state index in [0.717, 1.165) is 11.1 Å². The number of carbonyl (C=O) groups is 3. The maximum Gasteiger partial charge on any atom is 0.261 e. The third-order valence-corrected chi connectivity index (χ3v) is 5.14. The second-order valence-corrected chi connectivity index (χ2v) is 7.10. The van der Waals surface area contributed by atoms with Gasteiger partial charge in [0.1, 0.15) is 0 Å². The first-order valence-electron chi connectivity index (χ1n) is 9.84. The smallest absolute Gasteiger partial charge is 0.261 e. The average Bonchev–Trinajstić information content (AvgIpc) is 3.04. The van der Waals surface area contributed by atoms with Crippen LogP contribution in [0, 0.1) is 0 Å². The maximum atomic E-state index is 12.6. The summed E-state index contributed by atoms with van der Waals surface area (Å²) in [4.78, 5) is 42.8. The van der Waals surface area contributed by atoms with Crippen LogP contribution in [-0.2, 0) is 4.79 Å². The number of benzene rings is 2. The molecule has 6 nitrogen and oxygen atoms in total. The Kier molecular flexibility index (Phi) is 5.66. The van der Waals surface area contributed by atoms with E-state index in [-0.39, 0.29) is 36.7 Å². The largest absolute Gasteiger partial charge is 0.345 e. The molecule has 2 aromatic carbocycles. The summed E-state index contributed by atoms with van der Waals surface area (Å²) in [5, 5.41) is 3.06. The SMILES string of the molecule is O=C(CCCN1C(=O)c2ccccc2C1=O)N[C@@H](c1ccccc1)c1ccncc1. The van der Waals surface area contributed by atoms with Crippen molar-refractivity contribution in [2.24, 2.45) is 0 Å². The van der Waals surface area contributed by atoms with Crippen molar-refractivity contribution in [1.82, 2.24) is 15.2 Å². The van der Waals surface area contributed by atoms with Crippen molar-refractivity contribution in [3.05, 3.63) is 101 Å². The zero-order chi connectivity index (χ0) is 20.9. The first-order valence-corrected chi connectivity index (χ1v) is 9.84. The minimum atomic E-state index is -0.296. The first-order chi connectivity index (χ1) is 14.6. The molecule has 1 aliphatic rings. The molecule has 6 heteroatoms. The van der Waals surface area contributed by atoms with Gasteiger partial charge in [-0.3, -0.25) is 24.3 Å². The van der Waals surface area contributed by atoms with Crippen molar-refractivity contribution in [2.45, 2.75) is 18.9 Å². The standard InChI is InChI=1S/C24H21N3O3/c28-21(11-6-16-27-23(29)19-9-4-5-10-20(19)24(27)30)26-22(17-7-2-1-3-8-17)18-12-14-25-15-13-18/h1-5,7-10,12-15,22H,6,11,16H2,(H,26,28)/t22-/m0/s1. The molecule has 0 saturated heterocycles. The van der Waals surface area contributed by atoms with Gasteiger partial charge in [-0.05, 0) is 41.8 Å². The van der Waals surface area contributed by atoms with E-state index in [1.54, 1.807) is 36.7 Å². The molecule has 0 fully saturated rings. The van der Waals surface area contributed by atoms with Crippen LogP contribution in [0.4, 0.5) is 0 Å². The molecule has 2 heterocycles. The molecule has 0 radical (unpaired) electrons. The van der Waals surface area contributed by atoms with Crippen LogP contribution in [0.3, 0.4) is 0 Å². The number of aromatic nitrogens is 1. The highest BCUT2D eigenvalue weighted by Gasteiger charge is 2.34. The number of amides is 3. The zero-order valence-corrected chi connectivity index (χ0v) is 16.3. The number of hydrogen-bond donors (Lipinski definition) is 1. The second kappa shape index (κ2) is 8.69. The van der Waals surface area contributed by atoms with Gasteiger partial charge in [0.15, 0.2) is 0 Å². The van der Waals surface area contributed by atoms with Gasteiger partial charge in [-0.2, -0.15) is 0 Å². The number of pyridine rings is 1. The molecule has 150 valence electrons. The lowest BCUT2D eigenvalue weighted by atomic mass is 9.99. The molecule has 3 aromatic rings. The Morgan fingerprint density at radius 3 is 2.03 bits per heavy atom. The van der Waals surface area contributed by atoms with Gasteiger partial charge in [0.2, 0.25) is 5.91 Å². The molecule has 0 spiro atoms. The van der Waals surface area contributed by atoms with Gasteiger partial charge < -0.3 is 5.32 Å². The Hall–Kier alpha value is -3.80. The quantitative estimate of drug-likeness (QED) is 0.618. The number of nitrogens with one attached hydrogen (secondary N) is 1. The number of carbonyl (C=O) groups excluding carboxylic acids is 3. The lowest BCUT2D eigenvalue weighted by Gasteiger charge is -2.20. The Morgan fingerprint density at radius 1 is 0.833 bits per heavy atom. The van der Waals surface area contributed by atoms with Gasteiger partial charge >= 0.3 is 0 Å². The number of nitrogens with zero attached hydrogens (tertiary/aromatic N) is 2. The zero-order valence-electron chi connectivity index (χ0n) is 16.3. The van der Waals surface area contributed by atoms with E-state index in [1.165, 1.54) is 4.90 Å². The second-order valence-electron chi connectivity index (χ2n) is 7.10. The van der Waals surface area contributed by atoms with E-state index in [1.807, 2.05) is 42.5 Å². The number of fused-ring (bicyclic) bond motifs is 1. The summed E-state index contributed by atoms with van der Waals surface area (Å²) < 4.78 is 0. The average molecular weight is 399 g/mol. The van der Waals surface area contributed by atoms with E-state index in [4.69, 9.17) is 0 Å². The number of rotatable bonds is 7. The van der Waals surface area contributed by atoms with Crippen molar-refractivity contribution in [3.8, 4) is 0 Å². The molecule has 1 atom stereocenters. The van der Waals surface area contributed by atoms with Crippen LogP contribution in [0.1, 0.15) is 50.7 Å². The van der Waals surface area contributed by atoms with Crippen LogP contribution in [0.2, 0.25) is 0 Å². The lowest BCUT2D eigenvalue weighted by Crippen LogP contribution is -2.33. The molecular weight excluding hydrogens is 378 g/mol. The Bertz CT molecular complexity index is 993. The molecular formula is C24H21N3O3. The van der Waals surface area contributed by atoms with Gasteiger partial charge in [0.05, 0.1) is 17.2 Å². The summed E-state index contributed by atoms with van der Waals surface area (Å²) in [6.45, 7) is 0.213. The molecule has 1 N–H and O–H groups in total. The van der Waals surface area contributed by atoms with Gasteiger partial charge in [-0.25, -0.2) is 0 Å². The minimum absolute atomic E-state index is 0.141. The Morgan fingerprint density at radius 2 is 1.40 bits per heavy atom. The third kappa shape index (κ3) is 3.98. The fraction of sp³-hybridized carbons (Fsp3) is 0.167. The van der Waals surface area contributed by atoms with Gasteiger partial charge in [0, 0.05) is 25.4 Å². The molecule has 0 saturated carbocycles. The fourth-order valence-electron chi connectivity index (χ4n) is 3.63. The normalized spacial score (nSPS) is 13.8. The van der Waals surface area contributed by atoms with Crippen LogP contribution in [0.25, 0.3) is 0 Å². The number of imide groups is 1. The summed E-state index contributed by atoms with van der Waals surface area (Å²) in [5.41, 5.74) is 2.75. The number of hydrogen-bond acceptors (Lipinski definition) is 4. The summed E-state index contributed by atoms with van der Waals surface area (Å²) in [6, 6.07) is 20.0. The molecule has 30 heavy (non-hydrogen) atoms. The van der Waals surface area contributed by atoms with Crippen LogP contribution < -0.4 is 5.32 Å². The first kappa shape index (κ1) is 19.5. The van der Waals surface area contributed by atoms with Crippen molar-refractivity contribution >= 4 is 17.7 Å². The van der Waals surface area contributed by atoms with Crippen LogP contribution in [0.15, 0.2) is 79.1 Å². The monoisotopic (exact) mass is 399 g/mol. The van der Waals surface area contributed by atoms with Crippen molar-refractivity contribution in [3.63, 3.8) is 0 Å².